The van der Waals surface area contributed by atoms with Crippen LogP contribution in [0.1, 0.15) is 0 Å². The average Bonchev–Trinajstić information content (AvgIpc) is 3.27. The highest BCUT2D eigenvalue weighted by molar-refractivity contribution is 6.27. The Balaban J connectivity index is 1.27. The fourth-order valence-electron chi connectivity index (χ4n) is 7.52. The van der Waals surface area contributed by atoms with Crippen LogP contribution in [-0.2, 0) is 0 Å². The van der Waals surface area contributed by atoms with Gasteiger partial charge in [-0.2, -0.15) is 0 Å². The first-order valence-corrected chi connectivity index (χ1v) is 18.4. The van der Waals surface area contributed by atoms with Gasteiger partial charge in [0.15, 0.2) is 17.5 Å². The van der Waals surface area contributed by atoms with E-state index < -0.39 is 0 Å². The summed E-state index contributed by atoms with van der Waals surface area (Å²) in [5.41, 5.74) is 8.69. The van der Waals surface area contributed by atoms with Crippen molar-refractivity contribution in [3.8, 4) is 45.4 Å². The Labute approximate surface area is 318 Å². The van der Waals surface area contributed by atoms with E-state index in [-0.39, 0.29) is 0 Å². The highest BCUT2D eigenvalue weighted by Gasteiger charge is 2.23. The van der Waals surface area contributed by atoms with Gasteiger partial charge in [-0.15, -0.1) is 0 Å². The summed E-state index contributed by atoms with van der Waals surface area (Å²) in [6.45, 7) is 0. The van der Waals surface area contributed by atoms with Crippen LogP contribution < -0.4 is 4.90 Å². The van der Waals surface area contributed by atoms with Crippen molar-refractivity contribution in [3.63, 3.8) is 0 Å². The molecule has 0 amide bonds. The number of benzene rings is 8. The largest absolute Gasteiger partial charge is 0.310 e. The Hall–Kier alpha value is -7.50. The van der Waals surface area contributed by atoms with E-state index in [4.69, 9.17) is 19.9 Å². The van der Waals surface area contributed by atoms with E-state index in [1.54, 1.807) is 0 Å². The van der Waals surface area contributed by atoms with Gasteiger partial charge in [0.25, 0.3) is 0 Å². The zero-order chi connectivity index (χ0) is 36.6. The summed E-state index contributed by atoms with van der Waals surface area (Å²) in [6, 6.07) is 69.2. The summed E-state index contributed by atoms with van der Waals surface area (Å²) in [5, 5.41) is 5.66. The molecule has 258 valence electrons. The molecular weight excluding hydrogens is 671 g/mol. The third kappa shape index (κ3) is 5.94. The smallest absolute Gasteiger partial charge is 0.164 e. The number of rotatable bonds is 7. The van der Waals surface area contributed by atoms with Crippen molar-refractivity contribution in [3.05, 3.63) is 200 Å². The topological polar surface area (TPSA) is 54.8 Å². The van der Waals surface area contributed by atoms with Crippen LogP contribution >= 0.6 is 0 Å². The van der Waals surface area contributed by atoms with Gasteiger partial charge >= 0.3 is 0 Å². The van der Waals surface area contributed by atoms with Gasteiger partial charge in [-0.05, 0) is 53.2 Å². The van der Waals surface area contributed by atoms with E-state index in [2.05, 4.69) is 144 Å². The van der Waals surface area contributed by atoms with E-state index in [1.165, 1.54) is 5.39 Å². The lowest BCUT2D eigenvalue weighted by Crippen LogP contribution is -2.11. The molecule has 55 heavy (non-hydrogen) atoms. The Morgan fingerprint density at radius 3 is 1.42 bits per heavy atom. The molecule has 2 aromatic heterocycles. The van der Waals surface area contributed by atoms with Crippen molar-refractivity contribution in [1.82, 2.24) is 19.9 Å². The second-order valence-corrected chi connectivity index (χ2v) is 13.5. The Bertz CT molecular complexity index is 2860. The predicted octanol–water partition coefficient (Wildman–Crippen LogP) is 12.9. The standard InChI is InChI=1S/C50H33N5/c1-5-18-34(19-6-1)48-52-49(35-20-7-2-8-21-35)54-50(53-48)38-24-17-23-37(32-38)47-46-44(55(39-25-9-3-10-26-39)40-27-11-4-12-28-40)33-36-22-13-14-29-41(36)45(46)42-30-15-16-31-43(42)51-47/h1-33H. The van der Waals surface area contributed by atoms with Gasteiger partial charge in [-0.1, -0.05) is 158 Å². The molecule has 2 heterocycles. The van der Waals surface area contributed by atoms with Crippen LogP contribution in [-0.4, -0.2) is 19.9 Å². The number of pyridine rings is 1. The number of hydrogen-bond donors (Lipinski definition) is 0. The molecule has 0 aliphatic carbocycles. The predicted molar refractivity (Wildman–Crippen MR) is 227 cm³/mol. The lowest BCUT2D eigenvalue weighted by atomic mass is 9.92. The SMILES string of the molecule is c1ccc(-c2nc(-c3ccccc3)nc(-c3cccc(-c4nc5ccccc5c5c4c(N(c4ccccc4)c4ccccc4)cc4ccccc45)c3)n2)cc1. The van der Waals surface area contributed by atoms with Gasteiger partial charge in [0.1, 0.15) is 0 Å². The van der Waals surface area contributed by atoms with Crippen molar-refractivity contribution < 1.29 is 0 Å². The summed E-state index contributed by atoms with van der Waals surface area (Å²) in [4.78, 5) is 22.9. The van der Waals surface area contributed by atoms with Gasteiger partial charge in [0.2, 0.25) is 0 Å². The Morgan fingerprint density at radius 1 is 0.327 bits per heavy atom. The second-order valence-electron chi connectivity index (χ2n) is 13.5. The molecule has 10 aromatic rings. The van der Waals surface area contributed by atoms with Gasteiger partial charge in [0.05, 0.1) is 16.9 Å². The molecule has 0 radical (unpaired) electrons. The van der Waals surface area contributed by atoms with Crippen LogP contribution in [0.5, 0.6) is 0 Å². The Kier molecular flexibility index (Phi) is 8.08. The number of anilines is 3. The fourth-order valence-corrected chi connectivity index (χ4v) is 7.52. The number of para-hydroxylation sites is 3. The number of nitrogens with zero attached hydrogens (tertiary/aromatic N) is 5. The van der Waals surface area contributed by atoms with Crippen LogP contribution in [0.2, 0.25) is 0 Å². The van der Waals surface area contributed by atoms with Crippen LogP contribution in [0.3, 0.4) is 0 Å². The van der Waals surface area contributed by atoms with Crippen LogP contribution in [0.4, 0.5) is 17.1 Å². The van der Waals surface area contributed by atoms with Crippen molar-refractivity contribution in [2.45, 2.75) is 0 Å². The normalized spacial score (nSPS) is 11.3. The van der Waals surface area contributed by atoms with E-state index in [9.17, 15) is 0 Å². The fraction of sp³-hybridized carbons (Fsp3) is 0. The van der Waals surface area contributed by atoms with E-state index >= 15 is 0 Å². The molecule has 0 unspecified atom stereocenters. The van der Waals surface area contributed by atoms with E-state index in [0.29, 0.717) is 17.5 Å². The maximum Gasteiger partial charge on any atom is 0.164 e. The maximum atomic E-state index is 5.50. The van der Waals surface area contributed by atoms with Gasteiger partial charge < -0.3 is 4.90 Å². The molecule has 0 aliphatic heterocycles. The molecule has 10 rings (SSSR count). The lowest BCUT2D eigenvalue weighted by molar-refractivity contribution is 1.07. The molecule has 0 aliphatic rings. The monoisotopic (exact) mass is 703 g/mol. The summed E-state index contributed by atoms with van der Waals surface area (Å²) in [7, 11) is 0. The molecule has 8 aromatic carbocycles. The van der Waals surface area contributed by atoms with E-state index in [0.717, 1.165) is 72.1 Å². The maximum absolute atomic E-state index is 5.50. The molecule has 5 heteroatoms. The van der Waals surface area contributed by atoms with Gasteiger partial charge in [-0.25, -0.2) is 19.9 Å². The molecule has 0 spiro atoms. The minimum atomic E-state index is 0.598. The van der Waals surface area contributed by atoms with Gasteiger partial charge in [-0.3, -0.25) is 0 Å². The van der Waals surface area contributed by atoms with Crippen molar-refractivity contribution in [2.75, 3.05) is 4.90 Å². The minimum Gasteiger partial charge on any atom is -0.310 e. The molecule has 0 saturated carbocycles. The first-order chi connectivity index (χ1) is 27.3. The second kappa shape index (κ2) is 13.8. The van der Waals surface area contributed by atoms with Crippen LogP contribution in [0.15, 0.2) is 200 Å². The lowest BCUT2D eigenvalue weighted by Gasteiger charge is -2.28. The summed E-state index contributed by atoms with van der Waals surface area (Å²) in [5.74, 6) is 1.85. The van der Waals surface area contributed by atoms with Crippen molar-refractivity contribution >= 4 is 49.5 Å². The minimum absolute atomic E-state index is 0.598. The van der Waals surface area contributed by atoms with Crippen molar-refractivity contribution in [1.29, 1.82) is 0 Å². The first-order valence-electron chi connectivity index (χ1n) is 18.4. The number of hydrogen-bond acceptors (Lipinski definition) is 5. The summed E-state index contributed by atoms with van der Waals surface area (Å²) in [6.07, 6.45) is 0. The van der Waals surface area contributed by atoms with Crippen molar-refractivity contribution in [2.24, 2.45) is 0 Å². The average molecular weight is 704 g/mol. The number of aromatic nitrogens is 4. The Morgan fingerprint density at radius 2 is 0.800 bits per heavy atom. The summed E-state index contributed by atoms with van der Waals surface area (Å²) < 4.78 is 0. The van der Waals surface area contributed by atoms with Crippen LogP contribution in [0, 0.1) is 0 Å². The number of fused-ring (bicyclic) bond motifs is 5. The first kappa shape index (κ1) is 32.2. The molecule has 0 fully saturated rings. The zero-order valence-corrected chi connectivity index (χ0v) is 29.8. The highest BCUT2D eigenvalue weighted by Crippen LogP contribution is 2.47. The molecular formula is C50H33N5. The van der Waals surface area contributed by atoms with Crippen LogP contribution in [0.25, 0.3) is 77.9 Å². The molecule has 0 saturated heterocycles. The molecule has 0 bridgehead atoms. The van der Waals surface area contributed by atoms with E-state index in [1.807, 2.05) is 60.7 Å². The third-order valence-corrected chi connectivity index (χ3v) is 10.0. The summed E-state index contributed by atoms with van der Waals surface area (Å²) >= 11 is 0. The molecule has 5 nitrogen and oxygen atoms in total. The quantitative estimate of drug-likeness (QED) is 0.155. The third-order valence-electron chi connectivity index (χ3n) is 10.0. The molecule has 0 N–H and O–H groups in total. The van der Waals surface area contributed by atoms with Gasteiger partial charge in [0, 0.05) is 49.8 Å². The zero-order valence-electron chi connectivity index (χ0n) is 29.8. The molecule has 0 atom stereocenters. The highest BCUT2D eigenvalue weighted by atomic mass is 15.1.